The maximum absolute atomic E-state index is 12.6. The number of fused-ring (bicyclic) bond motifs is 2. The molecule has 0 radical (unpaired) electrons. The van der Waals surface area contributed by atoms with Gasteiger partial charge in [0.25, 0.3) is 5.91 Å². The van der Waals surface area contributed by atoms with Crippen molar-refractivity contribution in [1.82, 2.24) is 19.6 Å². The van der Waals surface area contributed by atoms with Gasteiger partial charge in [0.1, 0.15) is 5.82 Å². The molecule has 112 valence electrons. The van der Waals surface area contributed by atoms with Crippen LogP contribution in [0.4, 0.5) is 5.69 Å². The van der Waals surface area contributed by atoms with Crippen LogP contribution in [0.3, 0.4) is 0 Å². The van der Waals surface area contributed by atoms with Crippen LogP contribution < -0.4 is 5.32 Å². The fourth-order valence-corrected chi connectivity index (χ4v) is 2.57. The summed E-state index contributed by atoms with van der Waals surface area (Å²) in [4.78, 5) is 21.1. The third kappa shape index (κ3) is 2.40. The summed E-state index contributed by atoms with van der Waals surface area (Å²) < 4.78 is 1.65. The van der Waals surface area contributed by atoms with Crippen LogP contribution in [-0.2, 0) is 0 Å². The van der Waals surface area contributed by atoms with Crippen LogP contribution in [0.25, 0.3) is 16.6 Å². The van der Waals surface area contributed by atoms with Crippen molar-refractivity contribution < 1.29 is 4.79 Å². The van der Waals surface area contributed by atoms with Crippen molar-refractivity contribution in [3.05, 3.63) is 66.2 Å². The monoisotopic (exact) mass is 303 g/mol. The third-order valence-corrected chi connectivity index (χ3v) is 3.59. The Kier molecular flexibility index (Phi) is 3.01. The molecule has 4 aromatic rings. The topological polar surface area (TPSA) is 72.2 Å². The zero-order chi connectivity index (χ0) is 15.8. The second-order valence-electron chi connectivity index (χ2n) is 5.21. The van der Waals surface area contributed by atoms with Crippen LogP contribution in [0.15, 0.2) is 54.9 Å². The number of rotatable bonds is 2. The quantitative estimate of drug-likeness (QED) is 0.618. The average molecular weight is 303 g/mol. The van der Waals surface area contributed by atoms with Gasteiger partial charge in [0, 0.05) is 17.1 Å². The molecule has 3 aromatic heterocycles. The molecule has 1 N–H and O–H groups in total. The molecule has 0 aliphatic rings. The second kappa shape index (κ2) is 5.17. The highest BCUT2D eigenvalue weighted by molar-refractivity contribution is 6.12. The first-order valence-corrected chi connectivity index (χ1v) is 7.19. The third-order valence-electron chi connectivity index (χ3n) is 3.59. The minimum absolute atomic E-state index is 0.181. The summed E-state index contributed by atoms with van der Waals surface area (Å²) in [6, 6.07) is 12.8. The van der Waals surface area contributed by atoms with Crippen LogP contribution in [0.1, 0.15) is 16.2 Å². The number of hydrogen-bond donors (Lipinski definition) is 1. The van der Waals surface area contributed by atoms with E-state index in [0.717, 1.165) is 16.6 Å². The van der Waals surface area contributed by atoms with Crippen molar-refractivity contribution in [3.63, 3.8) is 0 Å². The first-order chi connectivity index (χ1) is 11.2. The molecule has 0 fully saturated rings. The largest absolute Gasteiger partial charge is 0.321 e. The number of carbonyl (C=O) groups excluding carboxylic acids is 1. The van der Waals surface area contributed by atoms with Gasteiger partial charge < -0.3 is 5.32 Å². The predicted molar refractivity (Wildman–Crippen MR) is 87.4 cm³/mol. The van der Waals surface area contributed by atoms with E-state index in [1.807, 2.05) is 43.3 Å². The molecule has 0 spiro atoms. The summed E-state index contributed by atoms with van der Waals surface area (Å²) in [6.45, 7) is 1.83. The lowest BCUT2D eigenvalue weighted by Crippen LogP contribution is -2.13. The van der Waals surface area contributed by atoms with Gasteiger partial charge in [-0.2, -0.15) is 5.10 Å². The fourth-order valence-electron chi connectivity index (χ4n) is 2.57. The Balaban J connectivity index is 1.70. The lowest BCUT2D eigenvalue weighted by molar-refractivity contribution is 0.102. The van der Waals surface area contributed by atoms with E-state index in [4.69, 9.17) is 0 Å². The minimum atomic E-state index is -0.181. The van der Waals surface area contributed by atoms with E-state index in [1.54, 1.807) is 23.0 Å². The highest BCUT2D eigenvalue weighted by Gasteiger charge is 2.11. The number of anilines is 1. The van der Waals surface area contributed by atoms with E-state index >= 15 is 0 Å². The number of amides is 1. The Hall–Kier alpha value is -3.28. The van der Waals surface area contributed by atoms with Crippen molar-refractivity contribution in [2.24, 2.45) is 0 Å². The molecule has 1 amide bonds. The summed E-state index contributed by atoms with van der Waals surface area (Å²) >= 11 is 0. The maximum Gasteiger partial charge on any atom is 0.256 e. The molecule has 6 heteroatoms. The molecule has 4 rings (SSSR count). The Bertz CT molecular complexity index is 1030. The number of nitrogens with zero attached hydrogens (tertiary/aromatic N) is 4. The van der Waals surface area contributed by atoms with E-state index in [0.29, 0.717) is 17.1 Å². The summed E-state index contributed by atoms with van der Waals surface area (Å²) in [5, 5.41) is 7.97. The van der Waals surface area contributed by atoms with Gasteiger partial charge in [0.2, 0.25) is 0 Å². The van der Waals surface area contributed by atoms with Crippen LogP contribution >= 0.6 is 0 Å². The van der Waals surface area contributed by atoms with Crippen molar-refractivity contribution in [2.75, 3.05) is 5.32 Å². The number of aromatic nitrogens is 4. The molecule has 6 nitrogen and oxygen atoms in total. The second-order valence-corrected chi connectivity index (χ2v) is 5.21. The summed E-state index contributed by atoms with van der Waals surface area (Å²) in [5.41, 5.74) is 2.79. The van der Waals surface area contributed by atoms with Crippen LogP contribution in [0.5, 0.6) is 0 Å². The van der Waals surface area contributed by atoms with Crippen molar-refractivity contribution in [3.8, 4) is 0 Å². The van der Waals surface area contributed by atoms with Gasteiger partial charge in [-0.05, 0) is 37.3 Å². The molecular formula is C17H13N5O. The van der Waals surface area contributed by atoms with E-state index in [2.05, 4.69) is 20.4 Å². The molecule has 0 aliphatic heterocycles. The first kappa shape index (κ1) is 13.4. The molecule has 23 heavy (non-hydrogen) atoms. The molecule has 0 aliphatic carbocycles. The van der Waals surface area contributed by atoms with E-state index in [1.165, 1.54) is 0 Å². The Morgan fingerprint density at radius 2 is 2.04 bits per heavy atom. The Morgan fingerprint density at radius 1 is 1.13 bits per heavy atom. The van der Waals surface area contributed by atoms with Gasteiger partial charge in [-0.1, -0.05) is 12.1 Å². The van der Waals surface area contributed by atoms with Gasteiger partial charge in [0.05, 0.1) is 17.4 Å². The molecule has 0 atom stereocenters. The number of aryl methyl sites for hydroxylation is 1. The van der Waals surface area contributed by atoms with Gasteiger partial charge in [-0.3, -0.25) is 9.78 Å². The number of carbonyl (C=O) groups is 1. The fraction of sp³-hybridized carbons (Fsp3) is 0.0588. The van der Waals surface area contributed by atoms with Crippen molar-refractivity contribution >= 4 is 28.1 Å². The highest BCUT2D eigenvalue weighted by atomic mass is 16.1. The smallest absolute Gasteiger partial charge is 0.256 e. The number of benzene rings is 1. The first-order valence-electron chi connectivity index (χ1n) is 7.19. The van der Waals surface area contributed by atoms with Crippen LogP contribution in [-0.4, -0.2) is 25.5 Å². The zero-order valence-corrected chi connectivity index (χ0v) is 12.4. The summed E-state index contributed by atoms with van der Waals surface area (Å²) in [6.07, 6.45) is 3.46. The molecule has 3 heterocycles. The van der Waals surface area contributed by atoms with Crippen molar-refractivity contribution in [1.29, 1.82) is 0 Å². The molecule has 0 saturated heterocycles. The van der Waals surface area contributed by atoms with E-state index < -0.39 is 0 Å². The lowest BCUT2D eigenvalue weighted by atomic mass is 10.1. The summed E-state index contributed by atoms with van der Waals surface area (Å²) in [5.74, 6) is 0.508. The van der Waals surface area contributed by atoms with Gasteiger partial charge in [0.15, 0.2) is 5.65 Å². The normalized spacial score (nSPS) is 11.0. The molecule has 0 bridgehead atoms. The van der Waals surface area contributed by atoms with Gasteiger partial charge in [-0.15, -0.1) is 0 Å². The van der Waals surface area contributed by atoms with Crippen LogP contribution in [0, 0.1) is 6.92 Å². The van der Waals surface area contributed by atoms with E-state index in [-0.39, 0.29) is 5.91 Å². The number of hydrogen-bond acceptors (Lipinski definition) is 4. The highest BCUT2D eigenvalue weighted by Crippen LogP contribution is 2.18. The lowest BCUT2D eigenvalue weighted by Gasteiger charge is -2.07. The SMILES string of the molecule is Cc1nc2ccc(NC(=O)c3cccc4ncccc34)cn2n1. The Labute approximate surface area is 131 Å². The minimum Gasteiger partial charge on any atom is -0.321 e. The summed E-state index contributed by atoms with van der Waals surface area (Å²) in [7, 11) is 0. The molecule has 1 aromatic carbocycles. The van der Waals surface area contributed by atoms with Gasteiger partial charge >= 0.3 is 0 Å². The van der Waals surface area contributed by atoms with Crippen LogP contribution in [0.2, 0.25) is 0 Å². The molecule has 0 saturated carbocycles. The predicted octanol–water partition coefficient (Wildman–Crippen LogP) is 2.84. The van der Waals surface area contributed by atoms with Crippen molar-refractivity contribution in [2.45, 2.75) is 6.92 Å². The van der Waals surface area contributed by atoms with Gasteiger partial charge in [-0.25, -0.2) is 9.50 Å². The number of nitrogens with one attached hydrogen (secondary N) is 1. The zero-order valence-electron chi connectivity index (χ0n) is 12.4. The standard InChI is InChI=1S/C17H13N5O/c1-11-19-16-8-7-12(10-22(16)21-11)20-17(23)14-4-2-6-15-13(14)5-3-9-18-15/h2-10H,1H3,(H,20,23). The number of pyridine rings is 2. The molecule has 0 unspecified atom stereocenters. The van der Waals surface area contributed by atoms with E-state index in [9.17, 15) is 4.79 Å². The molecular weight excluding hydrogens is 290 g/mol. The average Bonchev–Trinajstić information content (AvgIpc) is 2.93. The Morgan fingerprint density at radius 3 is 2.96 bits per heavy atom. The maximum atomic E-state index is 12.6.